The standard InChI is InChI=1S/C11H15N3O3/c1-2-14(7-6-10(15)16)9-5-3-4-8(13-9)11(12)17/h3-5H,2,6-7H2,1H3,(H2,12,17)(H,15,16). The number of nitrogens with zero attached hydrogens (tertiary/aromatic N) is 2. The number of nitrogens with two attached hydrogens (primary N) is 1. The lowest BCUT2D eigenvalue weighted by Crippen LogP contribution is -2.27. The fourth-order valence-corrected chi connectivity index (χ4v) is 1.40. The van der Waals surface area contributed by atoms with Crippen LogP contribution in [0.2, 0.25) is 0 Å². The van der Waals surface area contributed by atoms with E-state index in [1.54, 1.807) is 17.0 Å². The average Bonchev–Trinajstić information content (AvgIpc) is 2.30. The van der Waals surface area contributed by atoms with E-state index in [4.69, 9.17) is 10.8 Å². The summed E-state index contributed by atoms with van der Waals surface area (Å²) in [7, 11) is 0. The maximum Gasteiger partial charge on any atom is 0.305 e. The van der Waals surface area contributed by atoms with Crippen molar-refractivity contribution in [1.29, 1.82) is 0 Å². The smallest absolute Gasteiger partial charge is 0.305 e. The Morgan fingerprint density at radius 2 is 2.18 bits per heavy atom. The number of rotatable bonds is 6. The molecule has 0 unspecified atom stereocenters. The Balaban J connectivity index is 2.84. The number of pyridine rings is 1. The SMILES string of the molecule is CCN(CCC(=O)O)c1cccc(C(N)=O)n1. The van der Waals surface area contributed by atoms with E-state index in [1.165, 1.54) is 6.07 Å². The van der Waals surface area contributed by atoms with Gasteiger partial charge in [0.15, 0.2) is 0 Å². The first-order chi connectivity index (χ1) is 8.04. The largest absolute Gasteiger partial charge is 0.481 e. The number of carbonyl (C=O) groups is 2. The first-order valence-corrected chi connectivity index (χ1v) is 5.28. The highest BCUT2D eigenvalue weighted by molar-refractivity contribution is 5.91. The summed E-state index contributed by atoms with van der Waals surface area (Å²) in [5.41, 5.74) is 5.31. The van der Waals surface area contributed by atoms with E-state index in [0.29, 0.717) is 18.9 Å². The Morgan fingerprint density at radius 1 is 1.47 bits per heavy atom. The number of hydrogen-bond donors (Lipinski definition) is 2. The van der Waals surface area contributed by atoms with Crippen molar-refractivity contribution in [3.05, 3.63) is 23.9 Å². The molecule has 1 aromatic rings. The highest BCUT2D eigenvalue weighted by Gasteiger charge is 2.10. The Morgan fingerprint density at radius 3 is 2.71 bits per heavy atom. The van der Waals surface area contributed by atoms with Crippen LogP contribution in [0.25, 0.3) is 0 Å². The lowest BCUT2D eigenvalue weighted by Gasteiger charge is -2.21. The van der Waals surface area contributed by atoms with Gasteiger partial charge in [-0.2, -0.15) is 0 Å². The van der Waals surface area contributed by atoms with Crippen molar-refractivity contribution in [2.45, 2.75) is 13.3 Å². The summed E-state index contributed by atoms with van der Waals surface area (Å²) in [4.78, 5) is 27.3. The summed E-state index contributed by atoms with van der Waals surface area (Å²) in [5.74, 6) is -0.902. The fourth-order valence-electron chi connectivity index (χ4n) is 1.40. The normalized spacial score (nSPS) is 9.94. The Hall–Kier alpha value is -2.11. The molecule has 0 fully saturated rings. The summed E-state index contributed by atoms with van der Waals surface area (Å²) < 4.78 is 0. The zero-order valence-electron chi connectivity index (χ0n) is 9.59. The van der Waals surface area contributed by atoms with Gasteiger partial charge in [-0.05, 0) is 19.1 Å². The second-order valence-electron chi connectivity index (χ2n) is 3.47. The second kappa shape index (κ2) is 5.83. The Kier molecular flexibility index (Phi) is 4.45. The van der Waals surface area contributed by atoms with E-state index in [2.05, 4.69) is 4.98 Å². The van der Waals surface area contributed by atoms with Crippen molar-refractivity contribution >= 4 is 17.7 Å². The van der Waals surface area contributed by atoms with Gasteiger partial charge in [0.2, 0.25) is 0 Å². The molecule has 0 saturated heterocycles. The predicted octanol–water partition coefficient (Wildman–Crippen LogP) is 0.481. The molecule has 1 heterocycles. The maximum atomic E-state index is 11.0. The summed E-state index contributed by atoms with van der Waals surface area (Å²) >= 11 is 0. The van der Waals surface area contributed by atoms with Gasteiger partial charge in [-0.15, -0.1) is 0 Å². The first-order valence-electron chi connectivity index (χ1n) is 5.28. The molecule has 3 N–H and O–H groups in total. The van der Waals surface area contributed by atoms with Gasteiger partial charge in [-0.25, -0.2) is 4.98 Å². The van der Waals surface area contributed by atoms with Gasteiger partial charge < -0.3 is 15.7 Å². The summed E-state index contributed by atoms with van der Waals surface area (Å²) in [6.07, 6.45) is 0.0241. The van der Waals surface area contributed by atoms with Crippen molar-refractivity contribution in [1.82, 2.24) is 4.98 Å². The van der Waals surface area contributed by atoms with Gasteiger partial charge in [0, 0.05) is 13.1 Å². The summed E-state index contributed by atoms with van der Waals surface area (Å²) in [6.45, 7) is 2.85. The number of anilines is 1. The van der Waals surface area contributed by atoms with Gasteiger partial charge in [0.1, 0.15) is 11.5 Å². The van der Waals surface area contributed by atoms with Crippen LogP contribution >= 0.6 is 0 Å². The van der Waals surface area contributed by atoms with Crippen LogP contribution in [0.1, 0.15) is 23.8 Å². The zero-order valence-corrected chi connectivity index (χ0v) is 9.59. The number of aromatic nitrogens is 1. The molecule has 0 aliphatic heterocycles. The van der Waals surface area contributed by atoms with E-state index in [1.807, 2.05) is 6.92 Å². The minimum atomic E-state index is -0.866. The molecule has 17 heavy (non-hydrogen) atoms. The topological polar surface area (TPSA) is 96.5 Å². The molecule has 6 heteroatoms. The molecule has 1 aromatic heterocycles. The van der Waals surface area contributed by atoms with E-state index in [9.17, 15) is 9.59 Å². The van der Waals surface area contributed by atoms with Crippen LogP contribution < -0.4 is 10.6 Å². The third-order valence-corrected chi connectivity index (χ3v) is 2.29. The number of primary amides is 1. The van der Waals surface area contributed by atoms with Crippen LogP contribution in [0, 0.1) is 0 Å². The van der Waals surface area contributed by atoms with Crippen molar-refractivity contribution in [2.24, 2.45) is 5.73 Å². The first kappa shape index (κ1) is 13.0. The molecule has 6 nitrogen and oxygen atoms in total. The number of aliphatic carboxylic acids is 1. The summed E-state index contributed by atoms with van der Waals surface area (Å²) in [5, 5.41) is 8.63. The van der Waals surface area contributed by atoms with Crippen LogP contribution in [0.3, 0.4) is 0 Å². The predicted molar refractivity (Wildman–Crippen MR) is 62.9 cm³/mol. The summed E-state index contributed by atoms with van der Waals surface area (Å²) in [6, 6.07) is 4.92. The number of carbonyl (C=O) groups excluding carboxylic acids is 1. The molecule has 0 radical (unpaired) electrons. The second-order valence-corrected chi connectivity index (χ2v) is 3.47. The average molecular weight is 237 g/mol. The molecule has 0 aliphatic carbocycles. The number of hydrogen-bond acceptors (Lipinski definition) is 4. The van der Waals surface area contributed by atoms with Crippen molar-refractivity contribution in [3.63, 3.8) is 0 Å². The quantitative estimate of drug-likeness (QED) is 0.750. The minimum Gasteiger partial charge on any atom is -0.481 e. The van der Waals surface area contributed by atoms with Gasteiger partial charge in [-0.1, -0.05) is 6.07 Å². The lowest BCUT2D eigenvalue weighted by molar-refractivity contribution is -0.136. The molecule has 0 aliphatic rings. The van der Waals surface area contributed by atoms with Crippen LogP contribution in [0.4, 0.5) is 5.82 Å². The van der Waals surface area contributed by atoms with Gasteiger partial charge >= 0.3 is 5.97 Å². The van der Waals surface area contributed by atoms with Gasteiger partial charge in [0.05, 0.1) is 6.42 Å². The zero-order chi connectivity index (χ0) is 12.8. The molecule has 1 amide bonds. The van der Waals surface area contributed by atoms with Crippen molar-refractivity contribution in [2.75, 3.05) is 18.0 Å². The van der Waals surface area contributed by atoms with E-state index >= 15 is 0 Å². The van der Waals surface area contributed by atoms with Crippen LogP contribution in [0.15, 0.2) is 18.2 Å². The lowest BCUT2D eigenvalue weighted by atomic mass is 10.3. The Labute approximate surface area is 99.1 Å². The molecular weight excluding hydrogens is 222 g/mol. The number of carboxylic acid groups (broad SMARTS) is 1. The molecule has 0 spiro atoms. The van der Waals surface area contributed by atoms with Crippen LogP contribution in [0.5, 0.6) is 0 Å². The van der Waals surface area contributed by atoms with Crippen LogP contribution in [-0.2, 0) is 4.79 Å². The molecule has 0 bridgehead atoms. The monoisotopic (exact) mass is 237 g/mol. The van der Waals surface area contributed by atoms with E-state index < -0.39 is 11.9 Å². The van der Waals surface area contributed by atoms with E-state index in [-0.39, 0.29) is 12.1 Å². The molecule has 0 atom stereocenters. The van der Waals surface area contributed by atoms with Gasteiger partial charge in [0.25, 0.3) is 5.91 Å². The Bertz CT molecular complexity index is 420. The fraction of sp³-hybridized carbons (Fsp3) is 0.364. The molecule has 0 saturated carbocycles. The third-order valence-electron chi connectivity index (χ3n) is 2.29. The minimum absolute atomic E-state index is 0.0241. The number of amides is 1. The molecular formula is C11H15N3O3. The van der Waals surface area contributed by atoms with E-state index in [0.717, 1.165) is 0 Å². The van der Waals surface area contributed by atoms with Crippen molar-refractivity contribution < 1.29 is 14.7 Å². The number of carboxylic acids is 1. The van der Waals surface area contributed by atoms with Crippen LogP contribution in [-0.4, -0.2) is 35.1 Å². The maximum absolute atomic E-state index is 11.0. The van der Waals surface area contributed by atoms with Crippen molar-refractivity contribution in [3.8, 4) is 0 Å². The molecule has 92 valence electrons. The third kappa shape index (κ3) is 3.75. The molecule has 1 rings (SSSR count). The van der Waals surface area contributed by atoms with Gasteiger partial charge in [-0.3, -0.25) is 9.59 Å². The highest BCUT2D eigenvalue weighted by Crippen LogP contribution is 2.11. The highest BCUT2D eigenvalue weighted by atomic mass is 16.4. The molecule has 0 aromatic carbocycles.